The van der Waals surface area contributed by atoms with Crippen LogP contribution in [0.4, 0.5) is 9.59 Å². The number of rotatable bonds is 18. The van der Waals surface area contributed by atoms with E-state index in [-0.39, 0.29) is 38.6 Å². The molecule has 5 aromatic carbocycles. The highest BCUT2D eigenvalue weighted by molar-refractivity contribution is 6.01. The van der Waals surface area contributed by atoms with Gasteiger partial charge in [0, 0.05) is 41.2 Å². The van der Waals surface area contributed by atoms with E-state index >= 15 is 4.79 Å². The van der Waals surface area contributed by atoms with Crippen LogP contribution in [0.5, 0.6) is 5.75 Å². The van der Waals surface area contributed by atoms with Crippen molar-refractivity contribution in [2.24, 2.45) is 15.7 Å². The van der Waals surface area contributed by atoms with Crippen LogP contribution < -0.4 is 21.1 Å². The highest BCUT2D eigenvalue weighted by Gasteiger charge is 2.34. The summed E-state index contributed by atoms with van der Waals surface area (Å²) >= 11 is 0. The van der Waals surface area contributed by atoms with E-state index < -0.39 is 42.1 Å². The standard InChI is InChI=1S/C52H62N8O7/c1-36-28-44(65-33-40-22-14-9-15-23-40)29-37(2)45(36)31-46(55-50(58(4)5)59(6)7)48(62)60(38(3)47(53)61)32-43(30-39-20-12-8-13-21-39)54-49(56-51(63)66-34-41-24-16-10-17-25-41)57-52(64)67-35-42-26-18-11-19-27-42/h8-29,38,43,46H,30-35H2,1-7H3,(H2,53,61)(H2,54,56,57,63,64)/t38-,43+,46+/m1/s1. The largest absolute Gasteiger partial charge is 0.489 e. The summed E-state index contributed by atoms with van der Waals surface area (Å²) in [6, 6.07) is 38.3. The fraction of sp³-hybridized carbons (Fsp3) is 0.308. The highest BCUT2D eigenvalue weighted by atomic mass is 16.6. The van der Waals surface area contributed by atoms with E-state index in [2.05, 4.69) is 10.6 Å². The summed E-state index contributed by atoms with van der Waals surface area (Å²) in [6.45, 7) is 5.58. The third-order valence-corrected chi connectivity index (χ3v) is 10.7. The van der Waals surface area contributed by atoms with Crippen molar-refractivity contribution in [3.05, 3.63) is 172 Å². The Bertz CT molecular complexity index is 2360. The second-order valence-corrected chi connectivity index (χ2v) is 16.5. The lowest BCUT2D eigenvalue weighted by Crippen LogP contribution is -2.53. The second kappa shape index (κ2) is 25.1. The molecule has 0 radical (unpaired) electrons. The van der Waals surface area contributed by atoms with Crippen molar-refractivity contribution in [2.45, 2.75) is 71.6 Å². The quantitative estimate of drug-likeness (QED) is 0.0630. The van der Waals surface area contributed by atoms with Gasteiger partial charge in [-0.25, -0.2) is 19.6 Å². The molecule has 0 saturated carbocycles. The number of carbonyl (C=O) groups excluding carboxylic acids is 4. The van der Waals surface area contributed by atoms with Crippen LogP contribution in [0.1, 0.15) is 45.9 Å². The molecule has 0 aliphatic heterocycles. The van der Waals surface area contributed by atoms with Crippen molar-refractivity contribution in [1.82, 2.24) is 25.3 Å². The molecule has 0 spiro atoms. The Morgan fingerprint density at radius 3 is 1.48 bits per heavy atom. The number of benzene rings is 5. The van der Waals surface area contributed by atoms with E-state index in [0.29, 0.717) is 18.3 Å². The first-order valence-electron chi connectivity index (χ1n) is 22.0. The van der Waals surface area contributed by atoms with E-state index in [1.807, 2.05) is 161 Å². The molecule has 5 aromatic rings. The van der Waals surface area contributed by atoms with Gasteiger partial charge in [0.05, 0.1) is 6.04 Å². The van der Waals surface area contributed by atoms with E-state index in [4.69, 9.17) is 29.9 Å². The molecule has 0 aliphatic carbocycles. The van der Waals surface area contributed by atoms with Gasteiger partial charge in [0.1, 0.15) is 37.7 Å². The van der Waals surface area contributed by atoms with Gasteiger partial charge in [0.2, 0.25) is 17.8 Å². The average molecular weight is 911 g/mol. The van der Waals surface area contributed by atoms with Gasteiger partial charge in [-0.3, -0.25) is 20.2 Å². The van der Waals surface area contributed by atoms with Gasteiger partial charge in [0.25, 0.3) is 0 Å². The number of aryl methyl sites for hydroxylation is 2. The van der Waals surface area contributed by atoms with Crippen LogP contribution in [0.3, 0.4) is 0 Å². The minimum Gasteiger partial charge on any atom is -0.489 e. The number of ether oxygens (including phenoxy) is 3. The minimum absolute atomic E-state index is 0.0591. The lowest BCUT2D eigenvalue weighted by Gasteiger charge is -2.33. The van der Waals surface area contributed by atoms with Crippen molar-refractivity contribution >= 4 is 35.9 Å². The topological polar surface area (TPSA) is 180 Å². The Morgan fingerprint density at radius 2 is 1.04 bits per heavy atom. The number of nitrogens with one attached hydrogen (secondary N) is 2. The van der Waals surface area contributed by atoms with Crippen LogP contribution in [0.2, 0.25) is 0 Å². The van der Waals surface area contributed by atoms with Gasteiger partial charge < -0.3 is 34.6 Å². The molecule has 3 atom stereocenters. The number of amides is 4. The molecule has 0 bridgehead atoms. The SMILES string of the molecule is Cc1cc(OCc2ccccc2)cc(C)c1C[C@H](N=C(N(C)C)N(C)C)C(=O)N(C[C@H](Cc1ccccc1)N=C(NC(=O)OCc1ccccc1)NC(=O)OCc1ccccc1)[C@H](C)C(N)=O. The number of hydrogen-bond acceptors (Lipinski definition) is 9. The zero-order valence-corrected chi connectivity index (χ0v) is 39.3. The van der Waals surface area contributed by atoms with Crippen LogP contribution in [-0.4, -0.2) is 103 Å². The summed E-state index contributed by atoms with van der Waals surface area (Å²) in [5, 5.41) is 5.13. The predicted molar refractivity (Wildman–Crippen MR) is 260 cm³/mol. The summed E-state index contributed by atoms with van der Waals surface area (Å²) in [5.41, 5.74) is 12.0. The van der Waals surface area contributed by atoms with Crippen LogP contribution in [0, 0.1) is 13.8 Å². The fourth-order valence-corrected chi connectivity index (χ4v) is 7.29. The fourth-order valence-electron chi connectivity index (χ4n) is 7.29. The van der Waals surface area contributed by atoms with Gasteiger partial charge >= 0.3 is 12.2 Å². The molecule has 15 nitrogen and oxygen atoms in total. The number of hydrogen-bond donors (Lipinski definition) is 3. The molecule has 15 heteroatoms. The van der Waals surface area contributed by atoms with Crippen LogP contribution in [-0.2, 0) is 51.7 Å². The molecule has 0 unspecified atom stereocenters. The number of nitrogens with two attached hydrogens (primary N) is 1. The van der Waals surface area contributed by atoms with Crippen LogP contribution in [0.25, 0.3) is 0 Å². The highest BCUT2D eigenvalue weighted by Crippen LogP contribution is 2.26. The molecule has 0 aliphatic rings. The maximum Gasteiger partial charge on any atom is 0.414 e. The number of alkyl carbamates (subject to hydrolysis) is 2. The smallest absolute Gasteiger partial charge is 0.414 e. The van der Waals surface area contributed by atoms with Gasteiger partial charge in [-0.05, 0) is 78.3 Å². The number of carbonyl (C=O) groups is 4. The molecule has 0 saturated heterocycles. The Morgan fingerprint density at radius 1 is 0.612 bits per heavy atom. The lowest BCUT2D eigenvalue weighted by atomic mass is 9.95. The van der Waals surface area contributed by atoms with E-state index in [1.54, 1.807) is 31.2 Å². The maximum atomic E-state index is 15.3. The number of aliphatic imine (C=N–C) groups is 2. The van der Waals surface area contributed by atoms with Gasteiger partial charge in [-0.15, -0.1) is 0 Å². The Labute approximate surface area is 393 Å². The molecular formula is C52H62N8O7. The maximum absolute atomic E-state index is 15.3. The summed E-state index contributed by atoms with van der Waals surface area (Å²) in [4.78, 5) is 70.1. The van der Waals surface area contributed by atoms with Crippen molar-refractivity contribution in [2.75, 3.05) is 34.7 Å². The summed E-state index contributed by atoms with van der Waals surface area (Å²) in [7, 11) is 7.34. The number of primary amides is 1. The van der Waals surface area contributed by atoms with Gasteiger partial charge in [-0.2, -0.15) is 0 Å². The third-order valence-electron chi connectivity index (χ3n) is 10.7. The monoisotopic (exact) mass is 910 g/mol. The molecule has 4 amide bonds. The first kappa shape index (κ1) is 50.3. The first-order chi connectivity index (χ1) is 32.2. The first-order valence-corrected chi connectivity index (χ1v) is 22.0. The summed E-state index contributed by atoms with van der Waals surface area (Å²) in [6.07, 6.45) is -1.43. The minimum atomic E-state index is -1.13. The molecule has 352 valence electrons. The van der Waals surface area contributed by atoms with Gasteiger partial charge in [0.15, 0.2) is 5.96 Å². The van der Waals surface area contributed by atoms with Crippen LogP contribution in [0.15, 0.2) is 143 Å². The normalized spacial score (nSPS) is 12.0. The zero-order valence-electron chi connectivity index (χ0n) is 39.3. The Balaban J connectivity index is 1.53. The number of nitrogens with zero attached hydrogens (tertiary/aromatic N) is 5. The van der Waals surface area contributed by atoms with Crippen LogP contribution >= 0.6 is 0 Å². The molecule has 67 heavy (non-hydrogen) atoms. The summed E-state index contributed by atoms with van der Waals surface area (Å²) in [5.74, 6) is -0.338. The zero-order chi connectivity index (χ0) is 48.3. The Kier molecular flexibility index (Phi) is 18.9. The molecular weight excluding hydrogens is 849 g/mol. The van der Waals surface area contributed by atoms with E-state index in [9.17, 15) is 14.4 Å². The van der Waals surface area contributed by atoms with Crippen molar-refractivity contribution in [3.63, 3.8) is 0 Å². The molecule has 4 N–H and O–H groups in total. The van der Waals surface area contributed by atoms with Crippen molar-refractivity contribution in [1.29, 1.82) is 0 Å². The third kappa shape index (κ3) is 16.1. The number of guanidine groups is 2. The molecule has 0 aromatic heterocycles. The second-order valence-electron chi connectivity index (χ2n) is 16.5. The lowest BCUT2D eigenvalue weighted by molar-refractivity contribution is -0.140. The van der Waals surface area contributed by atoms with Crippen molar-refractivity contribution in [3.8, 4) is 5.75 Å². The summed E-state index contributed by atoms with van der Waals surface area (Å²) < 4.78 is 17.2. The Hall–Kier alpha value is -7.68. The van der Waals surface area contributed by atoms with E-state index in [1.165, 1.54) is 4.90 Å². The predicted octanol–water partition coefficient (Wildman–Crippen LogP) is 6.80. The average Bonchev–Trinajstić information content (AvgIpc) is 3.31. The van der Waals surface area contributed by atoms with Gasteiger partial charge in [-0.1, -0.05) is 121 Å². The molecule has 5 rings (SSSR count). The van der Waals surface area contributed by atoms with Crippen molar-refractivity contribution < 1.29 is 33.4 Å². The molecule has 0 fully saturated rings. The van der Waals surface area contributed by atoms with E-state index in [0.717, 1.165) is 38.9 Å². The molecule has 0 heterocycles.